The van der Waals surface area contributed by atoms with Gasteiger partial charge in [-0.1, -0.05) is 61.1 Å². The SMILES string of the molecule is C=C(CCC)NCCCCCNC(=C)C(C)(C)C(C)(C)C. The van der Waals surface area contributed by atoms with Crippen LogP contribution in [0.4, 0.5) is 0 Å². The molecular formula is C19H38N2. The molecule has 0 aromatic heterocycles. The van der Waals surface area contributed by atoms with E-state index in [4.69, 9.17) is 0 Å². The topological polar surface area (TPSA) is 24.1 Å². The highest BCUT2D eigenvalue weighted by molar-refractivity contribution is 5.09. The van der Waals surface area contributed by atoms with Crippen LogP contribution in [0.1, 0.15) is 73.6 Å². The van der Waals surface area contributed by atoms with Crippen molar-refractivity contribution < 1.29 is 0 Å². The molecule has 0 fully saturated rings. The minimum Gasteiger partial charge on any atom is -0.389 e. The van der Waals surface area contributed by atoms with Crippen LogP contribution < -0.4 is 10.6 Å². The van der Waals surface area contributed by atoms with Crippen LogP contribution in [0.3, 0.4) is 0 Å². The van der Waals surface area contributed by atoms with Gasteiger partial charge in [-0.15, -0.1) is 0 Å². The van der Waals surface area contributed by atoms with E-state index in [1.165, 1.54) is 31.4 Å². The molecule has 0 heterocycles. The number of unbranched alkanes of at least 4 members (excludes halogenated alkanes) is 2. The van der Waals surface area contributed by atoms with Gasteiger partial charge in [-0.25, -0.2) is 0 Å². The molecule has 21 heavy (non-hydrogen) atoms. The lowest BCUT2D eigenvalue weighted by Gasteiger charge is -2.40. The summed E-state index contributed by atoms with van der Waals surface area (Å²) in [6, 6.07) is 0. The quantitative estimate of drug-likeness (QED) is 0.509. The summed E-state index contributed by atoms with van der Waals surface area (Å²) < 4.78 is 0. The van der Waals surface area contributed by atoms with E-state index in [0.29, 0.717) is 0 Å². The zero-order valence-corrected chi connectivity index (χ0v) is 15.4. The van der Waals surface area contributed by atoms with Crippen LogP contribution in [0.25, 0.3) is 0 Å². The number of nitrogens with one attached hydrogen (secondary N) is 2. The number of hydrogen-bond acceptors (Lipinski definition) is 2. The Labute approximate surface area is 133 Å². The second-order valence-electron chi connectivity index (χ2n) is 7.62. The van der Waals surface area contributed by atoms with Crippen LogP contribution >= 0.6 is 0 Å². The number of allylic oxidation sites excluding steroid dienone is 2. The van der Waals surface area contributed by atoms with E-state index in [0.717, 1.165) is 25.2 Å². The molecule has 124 valence electrons. The third kappa shape index (κ3) is 7.59. The fourth-order valence-electron chi connectivity index (χ4n) is 2.00. The Kier molecular flexibility index (Phi) is 8.77. The molecule has 2 nitrogen and oxygen atoms in total. The van der Waals surface area contributed by atoms with Crippen LogP contribution in [0.2, 0.25) is 0 Å². The zero-order chi connectivity index (χ0) is 16.5. The first-order chi connectivity index (χ1) is 9.63. The second kappa shape index (κ2) is 9.17. The summed E-state index contributed by atoms with van der Waals surface area (Å²) in [7, 11) is 0. The Hall–Kier alpha value is -0.920. The summed E-state index contributed by atoms with van der Waals surface area (Å²) in [5.41, 5.74) is 2.66. The Balaban J connectivity index is 3.73. The molecule has 0 unspecified atom stereocenters. The predicted molar refractivity (Wildman–Crippen MR) is 96.3 cm³/mol. The molecule has 0 radical (unpaired) electrons. The Bertz CT molecular complexity index is 321. The van der Waals surface area contributed by atoms with Crippen molar-refractivity contribution in [2.24, 2.45) is 10.8 Å². The van der Waals surface area contributed by atoms with E-state index in [1.807, 2.05) is 0 Å². The predicted octanol–water partition coefficient (Wildman–Crippen LogP) is 5.24. The summed E-state index contributed by atoms with van der Waals surface area (Å²) in [5.74, 6) is 0. The first-order valence-electron chi connectivity index (χ1n) is 8.47. The molecule has 0 aliphatic carbocycles. The molecule has 0 spiro atoms. The molecule has 0 saturated carbocycles. The average molecular weight is 295 g/mol. The summed E-state index contributed by atoms with van der Waals surface area (Å²) in [4.78, 5) is 0. The lowest BCUT2D eigenvalue weighted by Crippen LogP contribution is -2.37. The monoisotopic (exact) mass is 294 g/mol. The smallest absolute Gasteiger partial charge is 0.0143 e. The van der Waals surface area contributed by atoms with Gasteiger partial charge in [-0.05, 0) is 31.1 Å². The largest absolute Gasteiger partial charge is 0.389 e. The van der Waals surface area contributed by atoms with Gasteiger partial charge in [-0.3, -0.25) is 0 Å². The third-order valence-electron chi connectivity index (χ3n) is 4.75. The van der Waals surface area contributed by atoms with Crippen LogP contribution in [-0.4, -0.2) is 13.1 Å². The first kappa shape index (κ1) is 20.1. The van der Waals surface area contributed by atoms with Gasteiger partial charge in [-0.2, -0.15) is 0 Å². The summed E-state index contributed by atoms with van der Waals surface area (Å²) in [6.07, 6.45) is 5.90. The average Bonchev–Trinajstić information content (AvgIpc) is 2.36. The summed E-state index contributed by atoms with van der Waals surface area (Å²) in [6.45, 7) is 23.9. The van der Waals surface area contributed by atoms with Crippen molar-refractivity contribution in [2.75, 3.05) is 13.1 Å². The van der Waals surface area contributed by atoms with Gasteiger partial charge in [0, 0.05) is 29.9 Å². The van der Waals surface area contributed by atoms with Crippen LogP contribution in [0.15, 0.2) is 24.6 Å². The Morgan fingerprint density at radius 2 is 1.38 bits per heavy atom. The standard InChI is InChI=1S/C19H38N2/c1-9-13-16(2)20-14-11-10-12-15-21-17(3)19(7,8)18(4,5)6/h20-21H,2-3,9-15H2,1,4-8H3. The van der Waals surface area contributed by atoms with Crippen LogP contribution in [0, 0.1) is 10.8 Å². The van der Waals surface area contributed by atoms with Crippen molar-refractivity contribution in [3.05, 3.63) is 24.6 Å². The minimum atomic E-state index is 0.104. The third-order valence-corrected chi connectivity index (χ3v) is 4.75. The molecule has 0 aromatic carbocycles. The molecule has 0 rings (SSSR count). The molecule has 2 heteroatoms. The fourth-order valence-corrected chi connectivity index (χ4v) is 2.00. The maximum absolute atomic E-state index is 4.24. The zero-order valence-electron chi connectivity index (χ0n) is 15.4. The number of rotatable bonds is 11. The van der Waals surface area contributed by atoms with Crippen LogP contribution in [-0.2, 0) is 0 Å². The fraction of sp³-hybridized carbons (Fsp3) is 0.789. The molecule has 0 atom stereocenters. The minimum absolute atomic E-state index is 0.104. The molecule has 2 N–H and O–H groups in total. The van der Waals surface area contributed by atoms with Crippen molar-refractivity contribution in [2.45, 2.75) is 73.6 Å². The lowest BCUT2D eigenvalue weighted by molar-refractivity contribution is 0.167. The van der Waals surface area contributed by atoms with Crippen molar-refractivity contribution >= 4 is 0 Å². The van der Waals surface area contributed by atoms with Crippen molar-refractivity contribution in [3.8, 4) is 0 Å². The van der Waals surface area contributed by atoms with E-state index < -0.39 is 0 Å². The molecule has 0 aliphatic heterocycles. The number of hydrogen-bond donors (Lipinski definition) is 2. The van der Waals surface area contributed by atoms with Crippen molar-refractivity contribution in [3.63, 3.8) is 0 Å². The first-order valence-corrected chi connectivity index (χ1v) is 8.47. The Morgan fingerprint density at radius 3 is 1.86 bits per heavy atom. The van der Waals surface area contributed by atoms with Gasteiger partial charge < -0.3 is 10.6 Å². The van der Waals surface area contributed by atoms with Gasteiger partial charge in [0.05, 0.1) is 0 Å². The van der Waals surface area contributed by atoms with Crippen LogP contribution in [0.5, 0.6) is 0 Å². The van der Waals surface area contributed by atoms with E-state index in [9.17, 15) is 0 Å². The molecule has 0 amide bonds. The summed E-state index contributed by atoms with van der Waals surface area (Å²) in [5, 5.41) is 6.91. The molecule has 0 bridgehead atoms. The highest BCUT2D eigenvalue weighted by Gasteiger charge is 2.35. The molecule has 0 aromatic rings. The molecule has 0 aliphatic rings. The maximum atomic E-state index is 4.24. The Morgan fingerprint density at radius 1 is 0.857 bits per heavy atom. The van der Waals surface area contributed by atoms with E-state index >= 15 is 0 Å². The lowest BCUT2D eigenvalue weighted by atomic mass is 9.67. The van der Waals surface area contributed by atoms with Gasteiger partial charge in [0.2, 0.25) is 0 Å². The molecule has 0 saturated heterocycles. The van der Waals surface area contributed by atoms with Crippen molar-refractivity contribution in [1.82, 2.24) is 10.6 Å². The highest BCUT2D eigenvalue weighted by Crippen LogP contribution is 2.42. The molecular weight excluding hydrogens is 256 g/mol. The second-order valence-corrected chi connectivity index (χ2v) is 7.62. The van der Waals surface area contributed by atoms with E-state index in [1.54, 1.807) is 0 Å². The highest BCUT2D eigenvalue weighted by atomic mass is 14.9. The van der Waals surface area contributed by atoms with Gasteiger partial charge >= 0.3 is 0 Å². The van der Waals surface area contributed by atoms with Gasteiger partial charge in [0.15, 0.2) is 0 Å². The van der Waals surface area contributed by atoms with Crippen molar-refractivity contribution in [1.29, 1.82) is 0 Å². The summed E-state index contributed by atoms with van der Waals surface area (Å²) >= 11 is 0. The van der Waals surface area contributed by atoms with Gasteiger partial charge in [0.1, 0.15) is 0 Å². The van der Waals surface area contributed by atoms with E-state index in [2.05, 4.69) is 65.3 Å². The normalized spacial score (nSPS) is 12.1. The van der Waals surface area contributed by atoms with E-state index in [-0.39, 0.29) is 10.8 Å². The maximum Gasteiger partial charge on any atom is 0.0143 e. The van der Waals surface area contributed by atoms with Gasteiger partial charge in [0.25, 0.3) is 0 Å².